The van der Waals surface area contributed by atoms with Crippen LogP contribution >= 0.6 is 0 Å². The molecule has 1 aliphatic carbocycles. The lowest BCUT2D eigenvalue weighted by Crippen LogP contribution is -2.63. The Labute approximate surface area is 106 Å². The van der Waals surface area contributed by atoms with Crippen LogP contribution in [0.2, 0.25) is 0 Å². The Balaban J connectivity index is 1.78. The molecule has 2 fully saturated rings. The van der Waals surface area contributed by atoms with E-state index in [2.05, 4.69) is 19.9 Å². The summed E-state index contributed by atoms with van der Waals surface area (Å²) in [6, 6.07) is 4.90. The van der Waals surface area contributed by atoms with Crippen LogP contribution in [-0.4, -0.2) is 43.2 Å². The third-order valence-electron chi connectivity index (χ3n) is 3.87. The van der Waals surface area contributed by atoms with Crippen molar-refractivity contribution in [3.8, 4) is 0 Å². The summed E-state index contributed by atoms with van der Waals surface area (Å²) in [6.45, 7) is 2.01. The molecular weight excluding hydrogens is 230 g/mol. The van der Waals surface area contributed by atoms with Gasteiger partial charge in [0.05, 0.1) is 19.0 Å². The molecule has 0 amide bonds. The van der Waals surface area contributed by atoms with E-state index in [-0.39, 0.29) is 5.97 Å². The minimum absolute atomic E-state index is 0.363. The third-order valence-corrected chi connectivity index (χ3v) is 3.87. The number of nitrogens with zero attached hydrogens (tertiary/aromatic N) is 2. The van der Waals surface area contributed by atoms with E-state index < -0.39 is 0 Å². The van der Waals surface area contributed by atoms with Gasteiger partial charge in [-0.05, 0) is 25.0 Å². The average molecular weight is 247 g/mol. The first kappa shape index (κ1) is 11.5. The van der Waals surface area contributed by atoms with E-state index in [1.165, 1.54) is 20.0 Å². The number of pyridine rings is 1. The molecule has 1 saturated carbocycles. The van der Waals surface area contributed by atoms with Crippen LogP contribution in [0.5, 0.6) is 0 Å². The SMILES string of the molecule is COC(=O)c1ccc(N2CCNC3CC[C@H]32)cn1. The van der Waals surface area contributed by atoms with Gasteiger partial charge in [-0.1, -0.05) is 0 Å². The first-order valence-electron chi connectivity index (χ1n) is 6.34. The highest BCUT2D eigenvalue weighted by atomic mass is 16.5. The van der Waals surface area contributed by atoms with Crippen LogP contribution in [0.25, 0.3) is 0 Å². The summed E-state index contributed by atoms with van der Waals surface area (Å²) in [7, 11) is 1.37. The lowest BCUT2D eigenvalue weighted by Gasteiger charge is -2.49. The quantitative estimate of drug-likeness (QED) is 0.784. The highest BCUT2D eigenvalue weighted by Gasteiger charge is 2.38. The second-order valence-electron chi connectivity index (χ2n) is 4.79. The van der Waals surface area contributed by atoms with Gasteiger partial charge in [0.1, 0.15) is 5.69 Å². The number of fused-ring (bicyclic) bond motifs is 1. The second kappa shape index (κ2) is 4.57. The summed E-state index contributed by atoms with van der Waals surface area (Å²) in [4.78, 5) is 17.9. The molecule has 2 heterocycles. The number of methoxy groups -OCH3 is 1. The van der Waals surface area contributed by atoms with Crippen molar-refractivity contribution in [1.82, 2.24) is 10.3 Å². The summed E-state index contributed by atoms with van der Waals surface area (Å²) in [5, 5.41) is 3.52. The van der Waals surface area contributed by atoms with Gasteiger partial charge in [0, 0.05) is 25.2 Å². The Kier molecular flexibility index (Phi) is 2.91. The fourth-order valence-electron chi connectivity index (χ4n) is 2.73. The smallest absolute Gasteiger partial charge is 0.356 e. The van der Waals surface area contributed by atoms with Crippen molar-refractivity contribution in [2.24, 2.45) is 0 Å². The fraction of sp³-hybridized carbons (Fsp3) is 0.538. The van der Waals surface area contributed by atoms with Gasteiger partial charge in [0.15, 0.2) is 0 Å². The molecule has 1 aromatic heterocycles. The lowest BCUT2D eigenvalue weighted by molar-refractivity contribution is 0.0594. The van der Waals surface area contributed by atoms with Crippen molar-refractivity contribution >= 4 is 11.7 Å². The number of carbonyl (C=O) groups is 1. The maximum absolute atomic E-state index is 11.3. The van der Waals surface area contributed by atoms with E-state index in [1.54, 1.807) is 12.3 Å². The molecule has 1 unspecified atom stereocenters. The minimum atomic E-state index is -0.386. The molecule has 1 aliphatic heterocycles. The Bertz CT molecular complexity index is 446. The fourth-order valence-corrected chi connectivity index (χ4v) is 2.73. The molecule has 5 heteroatoms. The number of esters is 1. The van der Waals surface area contributed by atoms with E-state index >= 15 is 0 Å². The zero-order valence-electron chi connectivity index (χ0n) is 10.4. The summed E-state index contributed by atoms with van der Waals surface area (Å²) in [5.74, 6) is -0.386. The summed E-state index contributed by atoms with van der Waals surface area (Å²) >= 11 is 0. The molecule has 0 aromatic carbocycles. The molecule has 96 valence electrons. The molecule has 3 rings (SSSR count). The van der Waals surface area contributed by atoms with Gasteiger partial charge in [-0.25, -0.2) is 9.78 Å². The lowest BCUT2D eigenvalue weighted by atomic mass is 9.83. The molecule has 0 spiro atoms. The van der Waals surface area contributed by atoms with E-state index in [9.17, 15) is 4.79 Å². The number of hydrogen-bond acceptors (Lipinski definition) is 5. The van der Waals surface area contributed by atoms with Gasteiger partial charge in [0.25, 0.3) is 0 Å². The maximum Gasteiger partial charge on any atom is 0.356 e. The number of anilines is 1. The van der Waals surface area contributed by atoms with Gasteiger partial charge in [-0.2, -0.15) is 0 Å². The Morgan fingerprint density at radius 3 is 3.00 bits per heavy atom. The number of ether oxygens (including phenoxy) is 1. The predicted molar refractivity (Wildman–Crippen MR) is 67.7 cm³/mol. The van der Waals surface area contributed by atoms with Crippen molar-refractivity contribution in [2.45, 2.75) is 24.9 Å². The highest BCUT2D eigenvalue weighted by molar-refractivity contribution is 5.87. The van der Waals surface area contributed by atoms with Crippen molar-refractivity contribution in [3.05, 3.63) is 24.0 Å². The van der Waals surface area contributed by atoms with Crippen molar-refractivity contribution < 1.29 is 9.53 Å². The van der Waals surface area contributed by atoms with Crippen LogP contribution in [-0.2, 0) is 4.74 Å². The zero-order chi connectivity index (χ0) is 12.5. The normalized spacial score (nSPS) is 26.2. The van der Waals surface area contributed by atoms with Crippen LogP contribution in [0.4, 0.5) is 5.69 Å². The first-order chi connectivity index (χ1) is 8.79. The number of carbonyl (C=O) groups excluding carboxylic acids is 1. The third kappa shape index (κ3) is 1.84. The molecular formula is C13H17N3O2. The predicted octanol–water partition coefficient (Wildman–Crippen LogP) is 0.809. The maximum atomic E-state index is 11.3. The number of piperazine rings is 1. The van der Waals surface area contributed by atoms with E-state index in [0.29, 0.717) is 17.8 Å². The number of rotatable bonds is 2. The van der Waals surface area contributed by atoms with Gasteiger partial charge in [-0.15, -0.1) is 0 Å². The van der Waals surface area contributed by atoms with Crippen molar-refractivity contribution in [2.75, 3.05) is 25.1 Å². The van der Waals surface area contributed by atoms with Crippen molar-refractivity contribution in [3.63, 3.8) is 0 Å². The van der Waals surface area contributed by atoms with Gasteiger partial charge in [0.2, 0.25) is 0 Å². The van der Waals surface area contributed by atoms with Gasteiger partial charge >= 0.3 is 5.97 Å². The molecule has 18 heavy (non-hydrogen) atoms. The molecule has 1 N–H and O–H groups in total. The monoisotopic (exact) mass is 247 g/mol. The summed E-state index contributed by atoms with van der Waals surface area (Å²) < 4.78 is 4.65. The van der Waals surface area contributed by atoms with Crippen LogP contribution in [0.3, 0.4) is 0 Å². The Hall–Kier alpha value is -1.62. The van der Waals surface area contributed by atoms with Crippen LogP contribution in [0.1, 0.15) is 23.3 Å². The highest BCUT2D eigenvalue weighted by Crippen LogP contribution is 2.31. The molecule has 2 aliphatic rings. The van der Waals surface area contributed by atoms with Crippen LogP contribution < -0.4 is 10.2 Å². The topological polar surface area (TPSA) is 54.5 Å². The minimum Gasteiger partial charge on any atom is -0.464 e. The summed E-state index contributed by atoms with van der Waals surface area (Å²) in [5.41, 5.74) is 1.46. The number of aromatic nitrogens is 1. The second-order valence-corrected chi connectivity index (χ2v) is 4.79. The first-order valence-corrected chi connectivity index (χ1v) is 6.34. The van der Waals surface area contributed by atoms with Gasteiger partial charge < -0.3 is 15.0 Å². The Morgan fingerprint density at radius 1 is 1.50 bits per heavy atom. The summed E-state index contributed by atoms with van der Waals surface area (Å²) in [6.07, 6.45) is 4.26. The standard InChI is InChI=1S/C13H17N3O2/c1-18-13(17)11-3-2-9(8-15-11)16-7-6-14-10-4-5-12(10)16/h2-3,8,10,12,14H,4-7H2,1H3/t10?,12-/m1/s1. The average Bonchev–Trinajstić information content (AvgIpc) is 2.39. The largest absolute Gasteiger partial charge is 0.464 e. The molecule has 1 aromatic rings. The van der Waals surface area contributed by atoms with Gasteiger partial charge in [-0.3, -0.25) is 0 Å². The molecule has 0 bridgehead atoms. The number of hydrogen-bond donors (Lipinski definition) is 1. The van der Waals surface area contributed by atoms with E-state index in [0.717, 1.165) is 18.8 Å². The molecule has 0 radical (unpaired) electrons. The molecule has 5 nitrogen and oxygen atoms in total. The van der Waals surface area contributed by atoms with Crippen molar-refractivity contribution in [1.29, 1.82) is 0 Å². The van der Waals surface area contributed by atoms with E-state index in [1.807, 2.05) is 6.07 Å². The van der Waals surface area contributed by atoms with Crippen LogP contribution in [0.15, 0.2) is 18.3 Å². The Morgan fingerprint density at radius 2 is 2.39 bits per heavy atom. The molecule has 1 saturated heterocycles. The zero-order valence-corrected chi connectivity index (χ0v) is 10.4. The van der Waals surface area contributed by atoms with E-state index in [4.69, 9.17) is 0 Å². The molecule has 2 atom stereocenters. The van der Waals surface area contributed by atoms with Crippen LogP contribution in [0, 0.1) is 0 Å². The number of nitrogens with one attached hydrogen (secondary N) is 1.